The number of anilines is 1. The average Bonchev–Trinajstić information content (AvgIpc) is 3.51. The third kappa shape index (κ3) is 4.63. The Hall–Kier alpha value is -3.36. The second kappa shape index (κ2) is 8.70. The Morgan fingerprint density at radius 2 is 1.74 bits per heavy atom. The topological polar surface area (TPSA) is 84.9 Å². The van der Waals surface area contributed by atoms with Crippen LogP contribution in [-0.2, 0) is 26.8 Å². The van der Waals surface area contributed by atoms with Gasteiger partial charge in [-0.2, -0.15) is 0 Å². The van der Waals surface area contributed by atoms with Gasteiger partial charge in [0.2, 0.25) is 22.7 Å². The summed E-state index contributed by atoms with van der Waals surface area (Å²) in [4.78, 5) is 13.3. The lowest BCUT2D eigenvalue weighted by Gasteiger charge is -2.18. The van der Waals surface area contributed by atoms with E-state index in [1.54, 1.807) is 7.05 Å². The van der Waals surface area contributed by atoms with E-state index >= 15 is 0 Å². The second-order valence-electron chi connectivity index (χ2n) is 9.35. The number of carbonyl (C=O) groups is 1. The Bertz CT molecular complexity index is 1400. The quantitative estimate of drug-likeness (QED) is 0.515. The first-order chi connectivity index (χ1) is 16.7. The number of hydrogen-bond acceptors (Lipinski definition) is 5. The molecule has 3 aromatic carbocycles. The fourth-order valence-electron chi connectivity index (χ4n) is 4.39. The van der Waals surface area contributed by atoms with Crippen LogP contribution in [0.3, 0.4) is 0 Å². The molecule has 1 aliphatic heterocycles. The molecule has 2 aliphatic rings. The fraction of sp³-hybridized carbons (Fsp3) is 0.296. The molecule has 0 bridgehead atoms. The van der Waals surface area contributed by atoms with Crippen LogP contribution in [0, 0.1) is 6.92 Å². The molecule has 0 radical (unpaired) electrons. The summed E-state index contributed by atoms with van der Waals surface area (Å²) in [7, 11) is -1.67. The van der Waals surface area contributed by atoms with Crippen LogP contribution in [0.15, 0.2) is 60.7 Å². The van der Waals surface area contributed by atoms with Gasteiger partial charge in [0.05, 0.1) is 11.7 Å². The Balaban J connectivity index is 0.00000304. The SMILES string of the molecule is Cc1ccc(NC(=O)C2(c3ccc4c(c3)OCO4)CC2)cc1-c1ccc(CN(C)S(C)(=O)=O)cc1.[HH]. The molecule has 184 valence electrons. The second-order valence-corrected chi connectivity index (χ2v) is 11.4. The molecule has 0 spiro atoms. The number of hydrogen-bond donors (Lipinski definition) is 1. The number of benzene rings is 3. The van der Waals surface area contributed by atoms with Crippen LogP contribution in [0.1, 0.15) is 31.0 Å². The van der Waals surface area contributed by atoms with Crippen molar-refractivity contribution in [3.8, 4) is 22.6 Å². The molecule has 1 N–H and O–H groups in total. The molecule has 5 rings (SSSR count). The molecule has 0 saturated heterocycles. The first-order valence-corrected chi connectivity index (χ1v) is 13.3. The maximum atomic E-state index is 13.3. The molecule has 0 aromatic heterocycles. The minimum atomic E-state index is -3.24. The molecule has 7 nitrogen and oxygen atoms in total. The van der Waals surface area contributed by atoms with E-state index in [4.69, 9.17) is 9.47 Å². The van der Waals surface area contributed by atoms with Gasteiger partial charge in [0.15, 0.2) is 11.5 Å². The molecule has 0 atom stereocenters. The molecule has 3 aromatic rings. The van der Waals surface area contributed by atoms with Gasteiger partial charge in [-0.3, -0.25) is 4.79 Å². The normalized spacial score (nSPS) is 15.8. The molecule has 1 amide bonds. The number of ether oxygens (including phenoxy) is 2. The third-order valence-electron chi connectivity index (χ3n) is 6.84. The van der Waals surface area contributed by atoms with Gasteiger partial charge in [-0.05, 0) is 71.8 Å². The molecule has 8 heteroatoms. The highest BCUT2D eigenvalue weighted by molar-refractivity contribution is 7.88. The Labute approximate surface area is 207 Å². The number of sulfonamides is 1. The lowest BCUT2D eigenvalue weighted by atomic mass is 9.94. The van der Waals surface area contributed by atoms with E-state index in [1.807, 2.05) is 67.6 Å². The minimum Gasteiger partial charge on any atom is -0.454 e. The van der Waals surface area contributed by atoms with Gasteiger partial charge in [0.1, 0.15) is 0 Å². The summed E-state index contributed by atoms with van der Waals surface area (Å²) in [6, 6.07) is 19.5. The number of nitrogens with zero attached hydrogens (tertiary/aromatic N) is 1. The van der Waals surface area contributed by atoms with Crippen molar-refractivity contribution in [2.75, 3.05) is 25.4 Å². The van der Waals surface area contributed by atoms with Gasteiger partial charge in [0.25, 0.3) is 0 Å². The zero-order valence-corrected chi connectivity index (χ0v) is 20.8. The standard InChI is InChI=1S/C27H28N2O5S.H2/c1-18-4-10-22(15-23(18)20-7-5-19(6-8-20)16-29(2)35(3,31)32)28-26(30)27(12-13-27)21-9-11-24-25(14-21)34-17-33-24;/h4-11,14-15H,12-13,16-17H2,1-3H3,(H,28,30);1H. The van der Waals surface area contributed by atoms with Crippen LogP contribution in [0.2, 0.25) is 0 Å². The molecular weight excluding hydrogens is 464 g/mol. The van der Waals surface area contributed by atoms with Crippen molar-refractivity contribution in [2.45, 2.75) is 31.7 Å². The number of carbonyl (C=O) groups excluding carboxylic acids is 1. The van der Waals surface area contributed by atoms with Gasteiger partial charge in [0, 0.05) is 20.7 Å². The van der Waals surface area contributed by atoms with Crippen molar-refractivity contribution in [3.63, 3.8) is 0 Å². The summed E-state index contributed by atoms with van der Waals surface area (Å²) < 4.78 is 35.6. The zero-order chi connectivity index (χ0) is 24.8. The smallest absolute Gasteiger partial charge is 0.235 e. The van der Waals surface area contributed by atoms with Crippen molar-refractivity contribution in [2.24, 2.45) is 0 Å². The molecular formula is C27H30N2O5S. The third-order valence-corrected chi connectivity index (χ3v) is 8.10. The van der Waals surface area contributed by atoms with Crippen molar-refractivity contribution < 1.29 is 24.1 Å². The van der Waals surface area contributed by atoms with E-state index in [9.17, 15) is 13.2 Å². The van der Waals surface area contributed by atoms with Crippen molar-refractivity contribution in [1.82, 2.24) is 4.31 Å². The molecule has 1 saturated carbocycles. The first-order valence-electron chi connectivity index (χ1n) is 11.5. The zero-order valence-electron chi connectivity index (χ0n) is 20.0. The van der Waals surface area contributed by atoms with Gasteiger partial charge < -0.3 is 14.8 Å². The van der Waals surface area contributed by atoms with Gasteiger partial charge in [-0.15, -0.1) is 0 Å². The highest BCUT2D eigenvalue weighted by atomic mass is 32.2. The lowest BCUT2D eigenvalue weighted by molar-refractivity contribution is -0.118. The van der Waals surface area contributed by atoms with Crippen molar-refractivity contribution >= 4 is 21.6 Å². The van der Waals surface area contributed by atoms with E-state index in [-0.39, 0.29) is 14.1 Å². The summed E-state index contributed by atoms with van der Waals surface area (Å²) >= 11 is 0. The largest absolute Gasteiger partial charge is 0.454 e. The summed E-state index contributed by atoms with van der Waals surface area (Å²) in [5.41, 5.74) is 5.15. The van der Waals surface area contributed by atoms with Gasteiger partial charge in [-0.25, -0.2) is 12.7 Å². The number of fused-ring (bicyclic) bond motifs is 1. The predicted molar refractivity (Wildman–Crippen MR) is 137 cm³/mol. The van der Waals surface area contributed by atoms with Crippen molar-refractivity contribution in [1.29, 1.82) is 0 Å². The fourth-order valence-corrected chi connectivity index (χ4v) is 4.78. The number of aryl methyl sites for hydroxylation is 1. The summed E-state index contributed by atoms with van der Waals surface area (Å²) in [6.07, 6.45) is 2.78. The van der Waals surface area contributed by atoms with Crippen LogP contribution in [0.4, 0.5) is 5.69 Å². The van der Waals surface area contributed by atoms with Crippen LogP contribution >= 0.6 is 0 Å². The van der Waals surface area contributed by atoms with Gasteiger partial charge >= 0.3 is 0 Å². The summed E-state index contributed by atoms with van der Waals surface area (Å²) in [5, 5.41) is 3.12. The van der Waals surface area contributed by atoms with Crippen LogP contribution < -0.4 is 14.8 Å². The number of amides is 1. The number of nitrogens with one attached hydrogen (secondary N) is 1. The average molecular weight is 495 g/mol. The van der Waals surface area contributed by atoms with E-state index in [2.05, 4.69) is 5.32 Å². The maximum absolute atomic E-state index is 13.3. The molecule has 1 aliphatic carbocycles. The molecule has 1 fully saturated rings. The van der Waals surface area contributed by atoms with Crippen LogP contribution in [0.5, 0.6) is 11.5 Å². The Morgan fingerprint density at radius 3 is 2.43 bits per heavy atom. The molecule has 1 heterocycles. The maximum Gasteiger partial charge on any atom is 0.235 e. The molecule has 0 unspecified atom stereocenters. The molecule has 35 heavy (non-hydrogen) atoms. The van der Waals surface area contributed by atoms with E-state index in [0.717, 1.165) is 46.3 Å². The Kier molecular flexibility index (Phi) is 5.81. The highest BCUT2D eigenvalue weighted by Crippen LogP contribution is 2.51. The van der Waals surface area contributed by atoms with Crippen LogP contribution in [-0.4, -0.2) is 38.7 Å². The monoisotopic (exact) mass is 494 g/mol. The first kappa shape index (κ1) is 23.4. The van der Waals surface area contributed by atoms with E-state index < -0.39 is 15.4 Å². The van der Waals surface area contributed by atoms with Crippen molar-refractivity contribution in [3.05, 3.63) is 77.4 Å². The van der Waals surface area contributed by atoms with E-state index in [0.29, 0.717) is 18.0 Å². The van der Waals surface area contributed by atoms with Gasteiger partial charge in [-0.1, -0.05) is 36.4 Å². The Morgan fingerprint density at radius 1 is 1.03 bits per heavy atom. The summed E-state index contributed by atoms with van der Waals surface area (Å²) in [5.74, 6) is 1.37. The van der Waals surface area contributed by atoms with E-state index in [1.165, 1.54) is 10.6 Å². The van der Waals surface area contributed by atoms with Crippen LogP contribution in [0.25, 0.3) is 11.1 Å². The lowest BCUT2D eigenvalue weighted by Crippen LogP contribution is -2.27. The minimum absolute atomic E-state index is 0. The summed E-state index contributed by atoms with van der Waals surface area (Å²) in [6.45, 7) is 2.55. The highest BCUT2D eigenvalue weighted by Gasteiger charge is 2.51. The predicted octanol–water partition coefficient (Wildman–Crippen LogP) is 4.70. The number of rotatable bonds is 7.